The first-order chi connectivity index (χ1) is 8.79. The molecule has 1 aromatic heterocycles. The Bertz CT molecular complexity index is 415. The minimum atomic E-state index is 0.708. The van der Waals surface area contributed by atoms with E-state index >= 15 is 0 Å². The molecule has 1 saturated heterocycles. The van der Waals surface area contributed by atoms with E-state index in [0.717, 1.165) is 51.5 Å². The molecule has 18 heavy (non-hydrogen) atoms. The fraction of sp³-hybridized carbons (Fsp3) is 0.615. The minimum absolute atomic E-state index is 0.708. The average Bonchev–Trinajstić information content (AvgIpc) is 2.76. The average molecular weight is 248 g/mol. The molecule has 1 N–H and O–H groups in total. The Labute approximate surface area is 108 Å². The Morgan fingerprint density at radius 2 is 2.22 bits per heavy atom. The quantitative estimate of drug-likeness (QED) is 0.762. The third kappa shape index (κ3) is 3.57. The number of morpholine rings is 1. The lowest BCUT2D eigenvalue weighted by atomic mass is 10.3. The number of ether oxygens (including phenoxy) is 1. The fourth-order valence-corrected chi connectivity index (χ4v) is 2.14. The third-order valence-electron chi connectivity index (χ3n) is 3.21. The Balaban J connectivity index is 1.67. The SMILES string of the molecule is Cn1cc(CNCCN2CCOCC2)cc1C#N. The summed E-state index contributed by atoms with van der Waals surface area (Å²) in [7, 11) is 1.90. The van der Waals surface area contributed by atoms with Crippen molar-refractivity contribution in [3.05, 3.63) is 23.5 Å². The normalized spacial score (nSPS) is 16.7. The Hall–Kier alpha value is -1.35. The number of nitrogens with zero attached hydrogens (tertiary/aromatic N) is 3. The van der Waals surface area contributed by atoms with Crippen LogP contribution in [0.5, 0.6) is 0 Å². The second-order valence-electron chi connectivity index (χ2n) is 4.59. The van der Waals surface area contributed by atoms with Gasteiger partial charge in [0.1, 0.15) is 11.8 Å². The van der Waals surface area contributed by atoms with Crippen molar-refractivity contribution in [1.29, 1.82) is 5.26 Å². The molecular weight excluding hydrogens is 228 g/mol. The minimum Gasteiger partial charge on any atom is -0.379 e. The molecule has 0 bridgehead atoms. The van der Waals surface area contributed by atoms with Gasteiger partial charge in [-0.15, -0.1) is 0 Å². The number of nitriles is 1. The van der Waals surface area contributed by atoms with Crippen molar-refractivity contribution < 1.29 is 4.74 Å². The zero-order valence-electron chi connectivity index (χ0n) is 10.9. The smallest absolute Gasteiger partial charge is 0.120 e. The maximum absolute atomic E-state index is 8.86. The van der Waals surface area contributed by atoms with Crippen molar-refractivity contribution >= 4 is 0 Å². The molecular formula is C13H20N4O. The molecule has 0 atom stereocenters. The van der Waals surface area contributed by atoms with Crippen molar-refractivity contribution in [3.63, 3.8) is 0 Å². The van der Waals surface area contributed by atoms with Crippen LogP contribution in [0.2, 0.25) is 0 Å². The van der Waals surface area contributed by atoms with Gasteiger partial charge in [0, 0.05) is 46.0 Å². The molecule has 98 valence electrons. The Morgan fingerprint density at radius 3 is 2.89 bits per heavy atom. The van der Waals surface area contributed by atoms with E-state index in [0.29, 0.717) is 5.69 Å². The third-order valence-corrected chi connectivity index (χ3v) is 3.21. The Kier molecular flexibility index (Phi) is 4.76. The molecule has 2 rings (SSSR count). The van der Waals surface area contributed by atoms with Crippen LogP contribution in [0.25, 0.3) is 0 Å². The van der Waals surface area contributed by atoms with Crippen LogP contribution in [-0.2, 0) is 18.3 Å². The first kappa shape index (κ1) is 13.1. The summed E-state index contributed by atoms with van der Waals surface area (Å²) in [5.74, 6) is 0. The van der Waals surface area contributed by atoms with Crippen LogP contribution in [0.4, 0.5) is 0 Å². The molecule has 1 aliphatic heterocycles. The molecule has 2 heterocycles. The summed E-state index contributed by atoms with van der Waals surface area (Å²) in [5, 5.41) is 12.3. The van der Waals surface area contributed by atoms with Gasteiger partial charge in [-0.05, 0) is 11.6 Å². The van der Waals surface area contributed by atoms with E-state index in [1.807, 2.05) is 23.9 Å². The highest BCUT2D eigenvalue weighted by Gasteiger charge is 2.09. The maximum Gasteiger partial charge on any atom is 0.120 e. The Morgan fingerprint density at radius 1 is 1.44 bits per heavy atom. The second-order valence-corrected chi connectivity index (χ2v) is 4.59. The first-order valence-electron chi connectivity index (χ1n) is 6.36. The van der Waals surface area contributed by atoms with Crippen LogP contribution in [-0.4, -0.2) is 48.9 Å². The van der Waals surface area contributed by atoms with Gasteiger partial charge < -0.3 is 14.6 Å². The lowest BCUT2D eigenvalue weighted by Crippen LogP contribution is -2.40. The van der Waals surface area contributed by atoms with Crippen LogP contribution in [0.15, 0.2) is 12.3 Å². The zero-order valence-corrected chi connectivity index (χ0v) is 10.9. The molecule has 0 saturated carbocycles. The molecule has 1 aromatic rings. The number of aromatic nitrogens is 1. The standard InChI is InChI=1S/C13H20N4O/c1-16-11-12(8-13(16)9-14)10-15-2-3-17-4-6-18-7-5-17/h8,11,15H,2-7,10H2,1H3. The molecule has 5 heteroatoms. The highest BCUT2D eigenvalue weighted by atomic mass is 16.5. The summed E-state index contributed by atoms with van der Waals surface area (Å²) in [6.07, 6.45) is 2.00. The predicted molar refractivity (Wildman–Crippen MR) is 69.1 cm³/mol. The van der Waals surface area contributed by atoms with Crippen LogP contribution >= 0.6 is 0 Å². The molecule has 0 aromatic carbocycles. The molecule has 0 spiro atoms. The summed E-state index contributed by atoms with van der Waals surface area (Å²) < 4.78 is 7.17. The van der Waals surface area contributed by atoms with Gasteiger partial charge in [0.15, 0.2) is 0 Å². The molecule has 0 amide bonds. The van der Waals surface area contributed by atoms with Crippen LogP contribution < -0.4 is 5.32 Å². The molecule has 1 fully saturated rings. The van der Waals surface area contributed by atoms with Gasteiger partial charge in [0.2, 0.25) is 0 Å². The van der Waals surface area contributed by atoms with Gasteiger partial charge in [0.05, 0.1) is 13.2 Å². The van der Waals surface area contributed by atoms with E-state index in [4.69, 9.17) is 10.00 Å². The van der Waals surface area contributed by atoms with Crippen LogP contribution in [0.3, 0.4) is 0 Å². The maximum atomic E-state index is 8.86. The number of aryl methyl sites for hydroxylation is 1. The number of rotatable bonds is 5. The topological polar surface area (TPSA) is 53.2 Å². The fourth-order valence-electron chi connectivity index (χ4n) is 2.14. The van der Waals surface area contributed by atoms with Crippen molar-refractivity contribution in [2.45, 2.75) is 6.54 Å². The zero-order chi connectivity index (χ0) is 12.8. The number of nitrogens with one attached hydrogen (secondary N) is 1. The summed E-state index contributed by atoms with van der Waals surface area (Å²) >= 11 is 0. The largest absolute Gasteiger partial charge is 0.379 e. The highest BCUT2D eigenvalue weighted by Crippen LogP contribution is 2.05. The van der Waals surface area contributed by atoms with Gasteiger partial charge in [-0.3, -0.25) is 4.90 Å². The van der Waals surface area contributed by atoms with Gasteiger partial charge in [-0.1, -0.05) is 0 Å². The van der Waals surface area contributed by atoms with E-state index in [2.05, 4.69) is 16.3 Å². The number of hydrogen-bond acceptors (Lipinski definition) is 4. The van der Waals surface area contributed by atoms with E-state index in [1.54, 1.807) is 0 Å². The van der Waals surface area contributed by atoms with E-state index < -0.39 is 0 Å². The molecule has 5 nitrogen and oxygen atoms in total. The van der Waals surface area contributed by atoms with Crippen molar-refractivity contribution in [3.8, 4) is 6.07 Å². The molecule has 0 aliphatic carbocycles. The summed E-state index contributed by atoms with van der Waals surface area (Å²) in [6.45, 7) is 6.61. The molecule has 0 radical (unpaired) electrons. The first-order valence-corrected chi connectivity index (χ1v) is 6.36. The van der Waals surface area contributed by atoms with E-state index in [1.165, 1.54) is 0 Å². The second kappa shape index (κ2) is 6.55. The summed E-state index contributed by atoms with van der Waals surface area (Å²) in [4.78, 5) is 2.40. The van der Waals surface area contributed by atoms with E-state index in [-0.39, 0.29) is 0 Å². The monoisotopic (exact) mass is 248 g/mol. The van der Waals surface area contributed by atoms with Crippen LogP contribution in [0.1, 0.15) is 11.3 Å². The summed E-state index contributed by atoms with van der Waals surface area (Å²) in [5.41, 5.74) is 1.87. The van der Waals surface area contributed by atoms with Crippen molar-refractivity contribution in [1.82, 2.24) is 14.8 Å². The van der Waals surface area contributed by atoms with Crippen LogP contribution in [0, 0.1) is 11.3 Å². The van der Waals surface area contributed by atoms with E-state index in [9.17, 15) is 0 Å². The van der Waals surface area contributed by atoms with Crippen molar-refractivity contribution in [2.75, 3.05) is 39.4 Å². The van der Waals surface area contributed by atoms with Crippen molar-refractivity contribution in [2.24, 2.45) is 7.05 Å². The predicted octanol–water partition coefficient (Wildman–Crippen LogP) is 0.319. The lowest BCUT2D eigenvalue weighted by Gasteiger charge is -2.26. The number of hydrogen-bond donors (Lipinski definition) is 1. The van der Waals surface area contributed by atoms with Gasteiger partial charge in [-0.25, -0.2) is 0 Å². The van der Waals surface area contributed by atoms with Gasteiger partial charge >= 0.3 is 0 Å². The summed E-state index contributed by atoms with van der Waals surface area (Å²) in [6, 6.07) is 4.10. The van der Waals surface area contributed by atoms with Gasteiger partial charge in [-0.2, -0.15) is 5.26 Å². The van der Waals surface area contributed by atoms with Gasteiger partial charge in [0.25, 0.3) is 0 Å². The lowest BCUT2D eigenvalue weighted by molar-refractivity contribution is 0.0384. The molecule has 0 unspecified atom stereocenters. The highest BCUT2D eigenvalue weighted by molar-refractivity contribution is 5.28. The molecule has 1 aliphatic rings.